The van der Waals surface area contributed by atoms with Crippen LogP contribution in [0.5, 0.6) is 0 Å². The van der Waals surface area contributed by atoms with Gasteiger partial charge in [-0.2, -0.15) is 0 Å². The van der Waals surface area contributed by atoms with Crippen LogP contribution in [0.2, 0.25) is 0 Å². The molecule has 16 heavy (non-hydrogen) atoms. The van der Waals surface area contributed by atoms with Gasteiger partial charge in [0.1, 0.15) is 0 Å². The summed E-state index contributed by atoms with van der Waals surface area (Å²) in [5.41, 5.74) is 5.92. The molecule has 2 aromatic rings. The molecule has 0 bridgehead atoms. The zero-order chi connectivity index (χ0) is 11.1. The first-order valence-electron chi connectivity index (χ1n) is 5.27. The van der Waals surface area contributed by atoms with Gasteiger partial charge in [-0.15, -0.1) is 0 Å². The van der Waals surface area contributed by atoms with Gasteiger partial charge in [0.2, 0.25) is 5.91 Å². The summed E-state index contributed by atoms with van der Waals surface area (Å²) in [5, 5.41) is 2.80. The zero-order valence-electron chi connectivity index (χ0n) is 8.95. The average molecular weight is 209 g/mol. The highest BCUT2D eigenvalue weighted by molar-refractivity contribution is 6.04. The van der Waals surface area contributed by atoms with Crippen LogP contribution in [-0.4, -0.2) is 5.91 Å². The number of hydrogen-bond acceptors (Lipinski definition) is 1. The minimum absolute atomic E-state index is 0.0347. The Kier molecular flexibility index (Phi) is 1.83. The first-order valence-corrected chi connectivity index (χ1v) is 5.27. The minimum Gasteiger partial charge on any atom is -0.326 e. The van der Waals surface area contributed by atoms with Gasteiger partial charge in [-0.1, -0.05) is 30.3 Å². The number of carbonyl (C=O) groups is 1. The van der Waals surface area contributed by atoms with Crippen LogP contribution in [0.15, 0.2) is 42.5 Å². The molecule has 0 saturated heterocycles. The summed E-state index contributed by atoms with van der Waals surface area (Å²) in [4.78, 5) is 11.0. The van der Waals surface area contributed by atoms with Crippen LogP contribution in [0, 0.1) is 0 Å². The standard InChI is InChI=1S/C14H11NO/c1-9(16)15-10-6-7-13-11-4-2-3-5-12(11)14(13)8-10/h2-8H,1H3,(H,15,16). The molecule has 1 aliphatic carbocycles. The molecule has 0 spiro atoms. The molecule has 0 saturated carbocycles. The molecule has 0 unspecified atom stereocenters. The summed E-state index contributed by atoms with van der Waals surface area (Å²) < 4.78 is 0. The van der Waals surface area contributed by atoms with E-state index in [0.717, 1.165) is 5.69 Å². The van der Waals surface area contributed by atoms with E-state index in [0.29, 0.717) is 0 Å². The van der Waals surface area contributed by atoms with Crippen molar-refractivity contribution in [1.82, 2.24) is 0 Å². The van der Waals surface area contributed by atoms with Gasteiger partial charge in [-0.25, -0.2) is 0 Å². The van der Waals surface area contributed by atoms with E-state index in [2.05, 4.69) is 23.5 Å². The van der Waals surface area contributed by atoms with Gasteiger partial charge < -0.3 is 5.32 Å². The lowest BCUT2D eigenvalue weighted by molar-refractivity contribution is -0.114. The second-order valence-electron chi connectivity index (χ2n) is 3.99. The van der Waals surface area contributed by atoms with E-state index in [1.54, 1.807) is 0 Å². The monoisotopic (exact) mass is 209 g/mol. The molecule has 0 aliphatic heterocycles. The predicted octanol–water partition coefficient (Wildman–Crippen LogP) is 3.29. The van der Waals surface area contributed by atoms with Gasteiger partial charge in [0.15, 0.2) is 0 Å². The highest BCUT2D eigenvalue weighted by Crippen LogP contribution is 2.47. The fourth-order valence-corrected chi connectivity index (χ4v) is 2.17. The lowest BCUT2D eigenvalue weighted by Crippen LogP contribution is -2.07. The predicted molar refractivity (Wildman–Crippen MR) is 65.2 cm³/mol. The Labute approximate surface area is 93.9 Å². The normalized spacial score (nSPS) is 11.1. The lowest BCUT2D eigenvalue weighted by Gasteiger charge is -2.24. The topological polar surface area (TPSA) is 29.1 Å². The molecule has 0 radical (unpaired) electrons. The van der Waals surface area contributed by atoms with E-state index in [1.165, 1.54) is 29.2 Å². The number of carbonyl (C=O) groups excluding carboxylic acids is 1. The van der Waals surface area contributed by atoms with Crippen molar-refractivity contribution in [2.75, 3.05) is 5.32 Å². The van der Waals surface area contributed by atoms with Crippen LogP contribution < -0.4 is 5.32 Å². The molecule has 1 amide bonds. The van der Waals surface area contributed by atoms with Gasteiger partial charge in [-0.05, 0) is 34.4 Å². The van der Waals surface area contributed by atoms with Crippen LogP contribution >= 0.6 is 0 Å². The molecular weight excluding hydrogens is 198 g/mol. The summed E-state index contributed by atoms with van der Waals surface area (Å²) in [7, 11) is 0. The fraction of sp³-hybridized carbons (Fsp3) is 0.0714. The molecule has 1 N–H and O–H groups in total. The molecule has 2 heteroatoms. The SMILES string of the molecule is CC(=O)Nc1ccc2c(c1)-c1ccccc1-2. The van der Waals surface area contributed by atoms with Crippen molar-refractivity contribution in [3.8, 4) is 22.3 Å². The first-order chi connectivity index (χ1) is 7.75. The zero-order valence-corrected chi connectivity index (χ0v) is 8.95. The third-order valence-electron chi connectivity index (χ3n) is 2.85. The number of nitrogens with one attached hydrogen (secondary N) is 1. The second-order valence-corrected chi connectivity index (χ2v) is 3.99. The molecule has 0 heterocycles. The quantitative estimate of drug-likeness (QED) is 0.654. The van der Waals surface area contributed by atoms with Crippen LogP contribution in [-0.2, 0) is 4.79 Å². The third kappa shape index (κ3) is 1.23. The summed E-state index contributed by atoms with van der Waals surface area (Å²) in [6.07, 6.45) is 0. The van der Waals surface area contributed by atoms with E-state index in [4.69, 9.17) is 0 Å². The fourth-order valence-electron chi connectivity index (χ4n) is 2.17. The van der Waals surface area contributed by atoms with Gasteiger partial charge >= 0.3 is 0 Å². The second kappa shape index (κ2) is 3.20. The van der Waals surface area contributed by atoms with Gasteiger partial charge in [0.25, 0.3) is 0 Å². The van der Waals surface area contributed by atoms with E-state index in [-0.39, 0.29) is 5.91 Å². The Morgan fingerprint density at radius 1 is 0.938 bits per heavy atom. The molecule has 0 atom stereocenters. The van der Waals surface area contributed by atoms with Gasteiger partial charge in [0.05, 0.1) is 0 Å². The summed E-state index contributed by atoms with van der Waals surface area (Å²) in [6, 6.07) is 14.3. The Morgan fingerprint density at radius 2 is 1.56 bits per heavy atom. The summed E-state index contributed by atoms with van der Waals surface area (Å²) in [6.45, 7) is 1.52. The van der Waals surface area contributed by atoms with Crippen LogP contribution in [0.1, 0.15) is 6.92 Å². The van der Waals surface area contributed by atoms with Gasteiger partial charge in [0, 0.05) is 12.6 Å². The Balaban J connectivity index is 2.04. The molecule has 2 aromatic carbocycles. The highest BCUT2D eigenvalue weighted by atomic mass is 16.1. The molecule has 0 aromatic heterocycles. The van der Waals surface area contributed by atoms with Crippen LogP contribution in [0.3, 0.4) is 0 Å². The van der Waals surface area contributed by atoms with Crippen molar-refractivity contribution in [3.05, 3.63) is 42.5 Å². The van der Waals surface area contributed by atoms with Crippen molar-refractivity contribution in [2.45, 2.75) is 6.92 Å². The Bertz CT molecular complexity index is 587. The average Bonchev–Trinajstić information content (AvgIpc) is 2.26. The maximum absolute atomic E-state index is 11.0. The van der Waals surface area contributed by atoms with E-state index < -0.39 is 0 Å². The molecule has 2 nitrogen and oxygen atoms in total. The molecule has 78 valence electrons. The van der Waals surface area contributed by atoms with Crippen molar-refractivity contribution in [1.29, 1.82) is 0 Å². The lowest BCUT2D eigenvalue weighted by atomic mass is 9.80. The van der Waals surface area contributed by atoms with Crippen molar-refractivity contribution in [2.24, 2.45) is 0 Å². The maximum Gasteiger partial charge on any atom is 0.221 e. The van der Waals surface area contributed by atoms with E-state index >= 15 is 0 Å². The number of fused-ring (bicyclic) bond motifs is 4. The van der Waals surface area contributed by atoms with Crippen molar-refractivity contribution in [3.63, 3.8) is 0 Å². The van der Waals surface area contributed by atoms with Gasteiger partial charge in [-0.3, -0.25) is 4.79 Å². The third-order valence-corrected chi connectivity index (χ3v) is 2.85. The van der Waals surface area contributed by atoms with Crippen molar-refractivity contribution >= 4 is 11.6 Å². The molecular formula is C14H11NO. The molecule has 3 rings (SSSR count). The maximum atomic E-state index is 11.0. The number of benzene rings is 2. The molecule has 1 aliphatic rings. The Hall–Kier alpha value is -2.09. The Morgan fingerprint density at radius 3 is 2.25 bits per heavy atom. The van der Waals surface area contributed by atoms with E-state index in [9.17, 15) is 4.79 Å². The molecule has 0 fully saturated rings. The summed E-state index contributed by atoms with van der Waals surface area (Å²) >= 11 is 0. The first kappa shape index (κ1) is 9.16. The number of anilines is 1. The van der Waals surface area contributed by atoms with Crippen LogP contribution in [0.4, 0.5) is 5.69 Å². The largest absolute Gasteiger partial charge is 0.326 e. The number of amides is 1. The van der Waals surface area contributed by atoms with Crippen LogP contribution in [0.25, 0.3) is 22.3 Å². The smallest absolute Gasteiger partial charge is 0.221 e. The highest BCUT2D eigenvalue weighted by Gasteiger charge is 2.21. The number of rotatable bonds is 1. The summed E-state index contributed by atoms with van der Waals surface area (Å²) in [5.74, 6) is -0.0347. The minimum atomic E-state index is -0.0347. The van der Waals surface area contributed by atoms with E-state index in [1.807, 2.05) is 24.3 Å². The van der Waals surface area contributed by atoms with Crippen molar-refractivity contribution < 1.29 is 4.79 Å². The number of hydrogen-bond donors (Lipinski definition) is 1.